The molecule has 0 atom stereocenters. The summed E-state index contributed by atoms with van der Waals surface area (Å²) in [6, 6.07) is 0.459. The minimum absolute atomic E-state index is 0.459. The van der Waals surface area contributed by atoms with Gasteiger partial charge in [-0.1, -0.05) is 13.8 Å². The van der Waals surface area contributed by atoms with Crippen molar-refractivity contribution in [3.05, 3.63) is 23.4 Å². The molecular formula is C13H21N5. The molecule has 2 N–H and O–H groups in total. The number of rotatable bonds is 4. The van der Waals surface area contributed by atoms with Crippen LogP contribution >= 0.6 is 0 Å². The molecule has 5 nitrogen and oxygen atoms in total. The number of hydrogen-bond acceptors (Lipinski definition) is 3. The van der Waals surface area contributed by atoms with Gasteiger partial charge in [0.25, 0.3) is 0 Å². The van der Waals surface area contributed by atoms with Crippen LogP contribution in [0.5, 0.6) is 0 Å². The predicted molar refractivity (Wildman–Crippen MR) is 72.2 cm³/mol. The Labute approximate surface area is 108 Å². The molecule has 0 bridgehead atoms. The molecule has 2 aromatic rings. The summed E-state index contributed by atoms with van der Waals surface area (Å²) >= 11 is 0. The first-order valence-corrected chi connectivity index (χ1v) is 6.27. The van der Waals surface area contributed by atoms with E-state index in [9.17, 15) is 0 Å². The molecule has 0 aliphatic carbocycles. The quantitative estimate of drug-likeness (QED) is 0.868. The Morgan fingerprint density at radius 2 is 2.11 bits per heavy atom. The standard InChI is InChI=1S/C13H21N5/c1-8(2)14-7-12-15-6-11(16-12)13-9(3)17-18(5)10(13)4/h6,8,14H,7H2,1-5H3,(H,15,16). The van der Waals surface area contributed by atoms with Gasteiger partial charge in [-0.3, -0.25) is 4.68 Å². The number of aryl methyl sites for hydroxylation is 2. The summed E-state index contributed by atoms with van der Waals surface area (Å²) in [7, 11) is 1.96. The molecule has 0 unspecified atom stereocenters. The highest BCUT2D eigenvalue weighted by Crippen LogP contribution is 2.24. The number of nitrogens with zero attached hydrogens (tertiary/aromatic N) is 3. The van der Waals surface area contributed by atoms with E-state index in [0.717, 1.165) is 35.0 Å². The largest absolute Gasteiger partial charge is 0.341 e. The molecule has 0 aromatic carbocycles. The molecule has 0 fully saturated rings. The van der Waals surface area contributed by atoms with Crippen LogP contribution in [0.2, 0.25) is 0 Å². The Bertz CT molecular complexity index is 536. The van der Waals surface area contributed by atoms with E-state index in [4.69, 9.17) is 0 Å². The summed E-state index contributed by atoms with van der Waals surface area (Å²) in [5.74, 6) is 0.960. The highest BCUT2D eigenvalue weighted by atomic mass is 15.3. The second-order valence-corrected chi connectivity index (χ2v) is 4.95. The molecule has 0 aliphatic rings. The van der Waals surface area contributed by atoms with Crippen molar-refractivity contribution in [2.75, 3.05) is 0 Å². The van der Waals surface area contributed by atoms with Gasteiger partial charge in [0.2, 0.25) is 0 Å². The average Bonchev–Trinajstić information content (AvgIpc) is 2.83. The summed E-state index contributed by atoms with van der Waals surface area (Å²) in [4.78, 5) is 7.75. The van der Waals surface area contributed by atoms with Gasteiger partial charge in [-0.25, -0.2) is 4.98 Å². The second kappa shape index (κ2) is 4.94. The van der Waals surface area contributed by atoms with Crippen molar-refractivity contribution in [3.63, 3.8) is 0 Å². The van der Waals surface area contributed by atoms with Crippen LogP contribution in [0.3, 0.4) is 0 Å². The van der Waals surface area contributed by atoms with Crippen LogP contribution in [0, 0.1) is 13.8 Å². The highest BCUT2D eigenvalue weighted by molar-refractivity contribution is 5.64. The van der Waals surface area contributed by atoms with Crippen LogP contribution in [-0.4, -0.2) is 25.8 Å². The van der Waals surface area contributed by atoms with Gasteiger partial charge in [0.05, 0.1) is 24.1 Å². The van der Waals surface area contributed by atoms with Gasteiger partial charge >= 0.3 is 0 Å². The Balaban J connectivity index is 2.24. The van der Waals surface area contributed by atoms with Gasteiger partial charge in [0, 0.05) is 24.3 Å². The lowest BCUT2D eigenvalue weighted by Gasteiger charge is -2.05. The summed E-state index contributed by atoms with van der Waals surface area (Å²) in [6.45, 7) is 9.10. The van der Waals surface area contributed by atoms with Gasteiger partial charge in [-0.15, -0.1) is 0 Å². The molecule has 0 saturated heterocycles. The first-order chi connectivity index (χ1) is 8.49. The van der Waals surface area contributed by atoms with E-state index >= 15 is 0 Å². The Hall–Kier alpha value is -1.62. The fourth-order valence-corrected chi connectivity index (χ4v) is 2.04. The molecule has 0 spiro atoms. The third kappa shape index (κ3) is 2.46. The van der Waals surface area contributed by atoms with Crippen molar-refractivity contribution >= 4 is 0 Å². The molecule has 0 amide bonds. The van der Waals surface area contributed by atoms with E-state index in [1.54, 1.807) is 0 Å². The van der Waals surface area contributed by atoms with Crippen LogP contribution in [0.25, 0.3) is 11.3 Å². The van der Waals surface area contributed by atoms with E-state index in [1.807, 2.05) is 24.9 Å². The zero-order valence-corrected chi connectivity index (χ0v) is 11.7. The molecular weight excluding hydrogens is 226 g/mol. The Morgan fingerprint density at radius 1 is 1.39 bits per heavy atom. The van der Waals surface area contributed by atoms with Crippen molar-refractivity contribution in [2.45, 2.75) is 40.3 Å². The number of imidazole rings is 1. The van der Waals surface area contributed by atoms with E-state index in [-0.39, 0.29) is 0 Å². The van der Waals surface area contributed by atoms with E-state index in [0.29, 0.717) is 6.04 Å². The van der Waals surface area contributed by atoms with Gasteiger partial charge in [0.1, 0.15) is 5.82 Å². The zero-order valence-electron chi connectivity index (χ0n) is 11.7. The first-order valence-electron chi connectivity index (χ1n) is 6.27. The van der Waals surface area contributed by atoms with Crippen LogP contribution in [-0.2, 0) is 13.6 Å². The molecule has 2 rings (SSSR count). The van der Waals surface area contributed by atoms with Crippen LogP contribution in [0.4, 0.5) is 0 Å². The lowest BCUT2D eigenvalue weighted by atomic mass is 10.1. The molecule has 0 aliphatic heterocycles. The number of H-pyrrole nitrogens is 1. The van der Waals surface area contributed by atoms with E-state index in [2.05, 4.69) is 41.2 Å². The van der Waals surface area contributed by atoms with Crippen molar-refractivity contribution in [1.82, 2.24) is 25.1 Å². The Kier molecular flexibility index (Phi) is 3.52. The lowest BCUT2D eigenvalue weighted by Crippen LogP contribution is -2.22. The minimum Gasteiger partial charge on any atom is -0.341 e. The van der Waals surface area contributed by atoms with Crippen molar-refractivity contribution < 1.29 is 0 Å². The zero-order chi connectivity index (χ0) is 13.3. The molecule has 0 saturated carbocycles. The summed E-state index contributed by atoms with van der Waals surface area (Å²) in [6.07, 6.45) is 1.88. The number of aromatic amines is 1. The van der Waals surface area contributed by atoms with Gasteiger partial charge in [-0.05, 0) is 13.8 Å². The molecule has 5 heteroatoms. The van der Waals surface area contributed by atoms with Crippen LogP contribution in [0.1, 0.15) is 31.1 Å². The monoisotopic (exact) mass is 247 g/mol. The predicted octanol–water partition coefficient (Wildman–Crippen LogP) is 1.93. The number of hydrogen-bond donors (Lipinski definition) is 2. The number of aromatic nitrogens is 4. The van der Waals surface area contributed by atoms with Crippen molar-refractivity contribution in [1.29, 1.82) is 0 Å². The Morgan fingerprint density at radius 3 is 2.67 bits per heavy atom. The van der Waals surface area contributed by atoms with Gasteiger partial charge in [0.15, 0.2) is 0 Å². The molecule has 2 heterocycles. The van der Waals surface area contributed by atoms with Gasteiger partial charge in [-0.2, -0.15) is 5.10 Å². The SMILES string of the molecule is Cc1nn(C)c(C)c1-c1cnc(CNC(C)C)[nH]1. The molecule has 98 valence electrons. The third-order valence-corrected chi connectivity index (χ3v) is 3.08. The van der Waals surface area contributed by atoms with Crippen LogP contribution < -0.4 is 5.32 Å². The first kappa shape index (κ1) is 12.8. The number of nitrogens with one attached hydrogen (secondary N) is 2. The second-order valence-electron chi connectivity index (χ2n) is 4.95. The maximum Gasteiger partial charge on any atom is 0.120 e. The van der Waals surface area contributed by atoms with E-state index in [1.165, 1.54) is 0 Å². The fourth-order valence-electron chi connectivity index (χ4n) is 2.04. The maximum absolute atomic E-state index is 4.42. The lowest BCUT2D eigenvalue weighted by molar-refractivity contribution is 0.575. The molecule has 0 radical (unpaired) electrons. The smallest absolute Gasteiger partial charge is 0.120 e. The summed E-state index contributed by atoms with van der Waals surface area (Å²) in [5, 5.41) is 7.77. The van der Waals surface area contributed by atoms with Crippen molar-refractivity contribution in [3.8, 4) is 11.3 Å². The van der Waals surface area contributed by atoms with E-state index < -0.39 is 0 Å². The van der Waals surface area contributed by atoms with Gasteiger partial charge < -0.3 is 10.3 Å². The molecule has 18 heavy (non-hydrogen) atoms. The van der Waals surface area contributed by atoms with Crippen LogP contribution in [0.15, 0.2) is 6.20 Å². The normalized spacial score (nSPS) is 11.4. The summed E-state index contributed by atoms with van der Waals surface area (Å²) in [5.41, 5.74) is 4.38. The molecule has 2 aromatic heterocycles. The summed E-state index contributed by atoms with van der Waals surface area (Å²) < 4.78 is 1.90. The maximum atomic E-state index is 4.42. The van der Waals surface area contributed by atoms with Crippen molar-refractivity contribution in [2.24, 2.45) is 7.05 Å². The topological polar surface area (TPSA) is 58.5 Å². The third-order valence-electron chi connectivity index (χ3n) is 3.08. The highest BCUT2D eigenvalue weighted by Gasteiger charge is 2.13. The average molecular weight is 247 g/mol. The minimum atomic E-state index is 0.459. The fraction of sp³-hybridized carbons (Fsp3) is 0.538.